The Balaban J connectivity index is 0.000000926. The summed E-state index contributed by atoms with van der Waals surface area (Å²) in [5.41, 5.74) is 10.7. The van der Waals surface area contributed by atoms with Gasteiger partial charge in [-0.3, -0.25) is 9.59 Å². The van der Waals surface area contributed by atoms with E-state index in [9.17, 15) is 4.79 Å². The first-order chi connectivity index (χ1) is 16.8. The van der Waals surface area contributed by atoms with Crippen LogP contribution in [0.15, 0.2) is 61.3 Å². The Hall–Kier alpha value is -4.11. The lowest BCUT2D eigenvalue weighted by Gasteiger charge is -2.23. The molecule has 0 bridgehead atoms. The van der Waals surface area contributed by atoms with Gasteiger partial charge in [-0.2, -0.15) is 0 Å². The minimum atomic E-state index is 0.250. The highest BCUT2D eigenvalue weighted by atomic mass is 32.1. The molecule has 0 fully saturated rings. The van der Waals surface area contributed by atoms with Gasteiger partial charge in [0, 0.05) is 24.0 Å². The standard InChI is InChI=1S/C23H24N4OS.C2H4O.CH3NO/c1-15-7-6-8-21(19-9-11-20(24-5)12-10-19)22(15)13-27(14-28)17(3)16(2)23-26-25-18(4)29-23;1-2-3;2-1-3/h6-12,14,24H,2-3,13H2,1,4-5H3;2H,1H3;1H,(H2,2,3). The Bertz CT molecular complexity index is 1150. The number of benzene rings is 2. The predicted octanol–water partition coefficient (Wildman–Crippen LogP) is 4.36. The summed E-state index contributed by atoms with van der Waals surface area (Å²) in [6.45, 7) is 13.9. The number of allylic oxidation sites excluding steroid dienone is 1. The number of primary amides is 1. The van der Waals surface area contributed by atoms with Gasteiger partial charge in [0.15, 0.2) is 0 Å². The van der Waals surface area contributed by atoms with Crippen molar-refractivity contribution < 1.29 is 14.4 Å². The summed E-state index contributed by atoms with van der Waals surface area (Å²) >= 11 is 1.43. The monoisotopic (exact) mass is 493 g/mol. The molecule has 9 heteroatoms. The van der Waals surface area contributed by atoms with Gasteiger partial charge in [-0.25, -0.2) is 0 Å². The van der Waals surface area contributed by atoms with Gasteiger partial charge in [-0.05, 0) is 55.2 Å². The number of hydrogen-bond donors (Lipinski definition) is 2. The molecule has 3 rings (SSSR count). The summed E-state index contributed by atoms with van der Waals surface area (Å²) in [5.74, 6) is 0. The van der Waals surface area contributed by atoms with Gasteiger partial charge < -0.3 is 20.7 Å². The van der Waals surface area contributed by atoms with Crippen molar-refractivity contribution in [3.05, 3.63) is 82.5 Å². The predicted molar refractivity (Wildman–Crippen MR) is 143 cm³/mol. The number of carbonyl (C=O) groups excluding carboxylic acids is 3. The maximum absolute atomic E-state index is 11.9. The van der Waals surface area contributed by atoms with Crippen molar-refractivity contribution in [1.29, 1.82) is 0 Å². The number of nitrogens with two attached hydrogens (primary N) is 1. The molecule has 0 unspecified atom stereocenters. The van der Waals surface area contributed by atoms with Gasteiger partial charge in [-0.15, -0.1) is 10.2 Å². The molecule has 0 aliphatic carbocycles. The van der Waals surface area contributed by atoms with Crippen LogP contribution in [0.4, 0.5) is 5.69 Å². The number of amides is 2. The molecule has 35 heavy (non-hydrogen) atoms. The smallest absolute Gasteiger partial charge is 0.214 e. The highest BCUT2D eigenvalue weighted by Gasteiger charge is 2.18. The third-order valence-electron chi connectivity index (χ3n) is 4.83. The van der Waals surface area contributed by atoms with Crippen LogP contribution in [0.5, 0.6) is 0 Å². The lowest BCUT2D eigenvalue weighted by Crippen LogP contribution is -2.22. The van der Waals surface area contributed by atoms with Gasteiger partial charge in [0.1, 0.15) is 16.3 Å². The summed E-state index contributed by atoms with van der Waals surface area (Å²) < 4.78 is 0. The van der Waals surface area contributed by atoms with Crippen LogP contribution in [0.1, 0.15) is 28.1 Å². The van der Waals surface area contributed by atoms with E-state index in [-0.39, 0.29) is 6.41 Å². The van der Waals surface area contributed by atoms with E-state index in [4.69, 9.17) is 9.59 Å². The van der Waals surface area contributed by atoms with E-state index in [1.165, 1.54) is 18.3 Å². The number of nitrogens with zero attached hydrogens (tertiary/aromatic N) is 3. The molecule has 0 aliphatic rings. The van der Waals surface area contributed by atoms with Crippen LogP contribution >= 0.6 is 11.3 Å². The Morgan fingerprint density at radius 2 is 1.69 bits per heavy atom. The number of anilines is 1. The average molecular weight is 494 g/mol. The van der Waals surface area contributed by atoms with E-state index >= 15 is 0 Å². The second kappa shape index (κ2) is 14.9. The maximum Gasteiger partial charge on any atom is 0.214 e. The van der Waals surface area contributed by atoms with Gasteiger partial charge in [-0.1, -0.05) is 54.8 Å². The van der Waals surface area contributed by atoms with E-state index in [2.05, 4.69) is 65.6 Å². The molecule has 0 saturated heterocycles. The van der Waals surface area contributed by atoms with Crippen LogP contribution in [0.3, 0.4) is 0 Å². The fourth-order valence-electron chi connectivity index (χ4n) is 3.08. The molecular weight excluding hydrogens is 462 g/mol. The third kappa shape index (κ3) is 8.31. The van der Waals surface area contributed by atoms with E-state index in [0.29, 0.717) is 22.8 Å². The van der Waals surface area contributed by atoms with Crippen LogP contribution in [-0.4, -0.2) is 41.3 Å². The zero-order valence-electron chi connectivity index (χ0n) is 20.4. The average Bonchev–Trinajstić information content (AvgIpc) is 3.29. The van der Waals surface area contributed by atoms with Crippen molar-refractivity contribution in [2.75, 3.05) is 12.4 Å². The number of nitrogens with one attached hydrogen (secondary N) is 1. The van der Waals surface area contributed by atoms with Gasteiger partial charge in [0.25, 0.3) is 0 Å². The highest BCUT2D eigenvalue weighted by molar-refractivity contribution is 7.12. The zero-order chi connectivity index (χ0) is 26.4. The third-order valence-corrected chi connectivity index (χ3v) is 5.73. The number of hydrogen-bond acceptors (Lipinski definition) is 7. The van der Waals surface area contributed by atoms with E-state index in [1.807, 2.05) is 32.2 Å². The van der Waals surface area contributed by atoms with Gasteiger partial charge in [0.2, 0.25) is 12.8 Å². The summed E-state index contributed by atoms with van der Waals surface area (Å²) in [6.07, 6.45) is 1.79. The molecule has 1 heterocycles. The number of carbonyl (C=O) groups is 3. The molecule has 0 aliphatic heterocycles. The second-order valence-corrected chi connectivity index (χ2v) is 8.27. The Labute approximate surface area is 210 Å². The molecule has 184 valence electrons. The summed E-state index contributed by atoms with van der Waals surface area (Å²) in [6, 6.07) is 14.4. The topological polar surface area (TPSA) is 118 Å². The summed E-state index contributed by atoms with van der Waals surface area (Å²) in [5, 5.41) is 12.8. The van der Waals surface area contributed by atoms with Crippen LogP contribution in [0, 0.1) is 13.8 Å². The molecule has 0 saturated carbocycles. The van der Waals surface area contributed by atoms with Crippen molar-refractivity contribution in [3.8, 4) is 11.1 Å². The van der Waals surface area contributed by atoms with Crippen molar-refractivity contribution >= 4 is 41.7 Å². The molecule has 3 N–H and O–H groups in total. The van der Waals surface area contributed by atoms with Crippen molar-refractivity contribution in [2.24, 2.45) is 5.73 Å². The minimum Gasteiger partial charge on any atom is -0.388 e. The quantitative estimate of drug-likeness (QED) is 0.356. The van der Waals surface area contributed by atoms with Gasteiger partial charge in [0.05, 0.1) is 6.54 Å². The summed E-state index contributed by atoms with van der Waals surface area (Å²) in [4.78, 5) is 30.9. The molecule has 0 radical (unpaired) electrons. The van der Waals surface area contributed by atoms with E-state index < -0.39 is 0 Å². The lowest BCUT2D eigenvalue weighted by atomic mass is 9.95. The Kier molecular flexibility index (Phi) is 12.3. The fraction of sp³-hybridized carbons (Fsp3) is 0.192. The minimum absolute atomic E-state index is 0.250. The first-order valence-electron chi connectivity index (χ1n) is 10.6. The van der Waals surface area contributed by atoms with Crippen molar-refractivity contribution in [2.45, 2.75) is 27.3 Å². The molecule has 0 spiro atoms. The number of aldehydes is 1. The zero-order valence-corrected chi connectivity index (χ0v) is 21.3. The lowest BCUT2D eigenvalue weighted by molar-refractivity contribution is -0.116. The highest BCUT2D eigenvalue weighted by Crippen LogP contribution is 2.31. The Morgan fingerprint density at radius 3 is 2.17 bits per heavy atom. The molecule has 2 aromatic carbocycles. The largest absolute Gasteiger partial charge is 0.388 e. The SMILES string of the molecule is C=C(C(=C)N(C=O)Cc1c(C)cccc1-c1ccc(NC)cc1)c1nnc(C)s1.CC=O.NC=O. The summed E-state index contributed by atoms with van der Waals surface area (Å²) in [7, 11) is 1.90. The van der Waals surface area contributed by atoms with Crippen LogP contribution in [-0.2, 0) is 20.9 Å². The second-order valence-electron chi connectivity index (χ2n) is 7.08. The van der Waals surface area contributed by atoms with Crippen LogP contribution in [0.25, 0.3) is 16.7 Å². The first-order valence-corrected chi connectivity index (χ1v) is 11.4. The van der Waals surface area contributed by atoms with Crippen molar-refractivity contribution in [1.82, 2.24) is 15.1 Å². The van der Waals surface area contributed by atoms with Gasteiger partial charge >= 0.3 is 0 Å². The van der Waals surface area contributed by atoms with Crippen LogP contribution < -0.4 is 11.1 Å². The van der Waals surface area contributed by atoms with Crippen LogP contribution in [0.2, 0.25) is 0 Å². The molecule has 8 nitrogen and oxygen atoms in total. The van der Waals surface area contributed by atoms with E-state index in [0.717, 1.165) is 45.6 Å². The van der Waals surface area contributed by atoms with E-state index in [1.54, 1.807) is 4.90 Å². The fourth-order valence-corrected chi connectivity index (χ4v) is 3.77. The van der Waals surface area contributed by atoms with Crippen molar-refractivity contribution in [3.63, 3.8) is 0 Å². The normalized spacial score (nSPS) is 9.37. The molecule has 1 aromatic heterocycles. The molecular formula is C26H31N5O3S. The number of aryl methyl sites for hydroxylation is 2. The first kappa shape index (κ1) is 28.9. The molecule has 0 atom stereocenters. The maximum atomic E-state index is 11.9. The number of rotatable bonds is 8. The molecule has 2 amide bonds. The molecule has 3 aromatic rings. The number of aromatic nitrogens is 2. The Morgan fingerprint density at radius 1 is 1.09 bits per heavy atom.